The second-order valence-corrected chi connectivity index (χ2v) is 7.66. The van der Waals surface area contributed by atoms with Gasteiger partial charge in [0, 0.05) is 11.1 Å². The van der Waals surface area contributed by atoms with Gasteiger partial charge in [-0.1, -0.05) is 44.2 Å². The van der Waals surface area contributed by atoms with E-state index in [0.29, 0.717) is 18.1 Å². The van der Waals surface area contributed by atoms with Gasteiger partial charge < -0.3 is 9.72 Å². The van der Waals surface area contributed by atoms with Crippen LogP contribution in [0.15, 0.2) is 77.9 Å². The third kappa shape index (κ3) is 5.17. The third-order valence-electron chi connectivity index (χ3n) is 4.63. The molecule has 3 aromatic carbocycles. The van der Waals surface area contributed by atoms with Crippen LogP contribution in [0.25, 0.3) is 22.4 Å². The highest BCUT2D eigenvalue weighted by Crippen LogP contribution is 2.21. The van der Waals surface area contributed by atoms with E-state index >= 15 is 0 Å². The summed E-state index contributed by atoms with van der Waals surface area (Å²) < 4.78 is 5.67. The Bertz CT molecular complexity index is 1200. The van der Waals surface area contributed by atoms with Gasteiger partial charge in [0.1, 0.15) is 11.6 Å². The molecule has 0 spiro atoms. The van der Waals surface area contributed by atoms with Crippen molar-refractivity contribution in [2.75, 3.05) is 6.61 Å². The number of hydrazone groups is 1. The molecule has 4 aromatic rings. The molecule has 0 atom stereocenters. The van der Waals surface area contributed by atoms with Gasteiger partial charge >= 0.3 is 0 Å². The van der Waals surface area contributed by atoms with Crippen LogP contribution in [0.2, 0.25) is 0 Å². The van der Waals surface area contributed by atoms with E-state index in [1.54, 1.807) is 18.3 Å². The minimum absolute atomic E-state index is 0.286. The van der Waals surface area contributed by atoms with Crippen molar-refractivity contribution in [2.45, 2.75) is 13.8 Å². The van der Waals surface area contributed by atoms with Gasteiger partial charge in [-0.3, -0.25) is 4.79 Å². The Morgan fingerprint density at radius 3 is 2.61 bits per heavy atom. The van der Waals surface area contributed by atoms with Crippen molar-refractivity contribution in [2.24, 2.45) is 11.0 Å². The SMILES string of the molecule is CC(C)COc1ccc(/C=N/NC(=O)c2ccc3nc(-c4ccccc4)[nH]c3c2)cc1. The maximum absolute atomic E-state index is 12.5. The van der Waals surface area contributed by atoms with Gasteiger partial charge in [-0.2, -0.15) is 5.10 Å². The van der Waals surface area contributed by atoms with Gasteiger partial charge in [0.15, 0.2) is 0 Å². The monoisotopic (exact) mass is 412 g/mol. The quantitative estimate of drug-likeness (QED) is 0.330. The second kappa shape index (κ2) is 9.26. The Kier molecular flexibility index (Phi) is 6.08. The zero-order valence-electron chi connectivity index (χ0n) is 17.5. The minimum atomic E-state index is -0.286. The molecule has 1 heterocycles. The first kappa shape index (κ1) is 20.3. The molecule has 0 unspecified atom stereocenters. The minimum Gasteiger partial charge on any atom is -0.493 e. The first-order valence-electron chi connectivity index (χ1n) is 10.2. The first-order valence-corrected chi connectivity index (χ1v) is 10.2. The molecule has 0 aliphatic rings. The fourth-order valence-corrected chi connectivity index (χ4v) is 3.03. The van der Waals surface area contributed by atoms with Crippen molar-refractivity contribution in [1.82, 2.24) is 15.4 Å². The Labute approximate surface area is 181 Å². The summed E-state index contributed by atoms with van der Waals surface area (Å²) in [5.74, 6) is 1.78. The van der Waals surface area contributed by atoms with Crippen LogP contribution in [0, 0.1) is 5.92 Å². The van der Waals surface area contributed by atoms with E-state index in [0.717, 1.165) is 33.7 Å². The Hall–Kier alpha value is -3.93. The summed E-state index contributed by atoms with van der Waals surface area (Å²) in [6.07, 6.45) is 1.60. The Balaban J connectivity index is 1.40. The number of aromatic nitrogens is 2. The van der Waals surface area contributed by atoms with Gasteiger partial charge in [-0.25, -0.2) is 10.4 Å². The van der Waals surface area contributed by atoms with Crippen molar-refractivity contribution in [3.05, 3.63) is 83.9 Å². The van der Waals surface area contributed by atoms with Crippen LogP contribution in [0.3, 0.4) is 0 Å². The van der Waals surface area contributed by atoms with Gasteiger partial charge in [-0.15, -0.1) is 0 Å². The van der Waals surface area contributed by atoms with Crippen molar-refractivity contribution in [3.8, 4) is 17.1 Å². The average Bonchev–Trinajstić information content (AvgIpc) is 3.22. The predicted molar refractivity (Wildman–Crippen MR) is 123 cm³/mol. The summed E-state index contributed by atoms with van der Waals surface area (Å²) in [4.78, 5) is 20.3. The number of amides is 1. The van der Waals surface area contributed by atoms with Crippen molar-refractivity contribution in [3.63, 3.8) is 0 Å². The molecule has 0 aliphatic carbocycles. The molecular formula is C25H24N4O2. The summed E-state index contributed by atoms with van der Waals surface area (Å²) in [5, 5.41) is 4.06. The van der Waals surface area contributed by atoms with Gasteiger partial charge in [-0.05, 0) is 53.9 Å². The van der Waals surface area contributed by atoms with Crippen LogP contribution in [-0.2, 0) is 0 Å². The summed E-state index contributed by atoms with van der Waals surface area (Å²) in [7, 11) is 0. The topological polar surface area (TPSA) is 79.4 Å². The lowest BCUT2D eigenvalue weighted by molar-refractivity contribution is 0.0955. The number of ether oxygens (including phenoxy) is 1. The zero-order chi connectivity index (χ0) is 21.6. The van der Waals surface area contributed by atoms with Crippen LogP contribution in [0.4, 0.5) is 0 Å². The lowest BCUT2D eigenvalue weighted by Crippen LogP contribution is -2.17. The molecule has 6 nitrogen and oxygen atoms in total. The van der Waals surface area contributed by atoms with E-state index < -0.39 is 0 Å². The van der Waals surface area contributed by atoms with E-state index in [4.69, 9.17) is 4.74 Å². The number of H-pyrrole nitrogens is 1. The predicted octanol–water partition coefficient (Wildman–Crippen LogP) is 5.03. The molecule has 0 saturated carbocycles. The number of carbonyl (C=O) groups excluding carboxylic acids is 1. The summed E-state index contributed by atoms with van der Waals surface area (Å²) in [6.45, 7) is 4.89. The van der Waals surface area contributed by atoms with Crippen LogP contribution in [0.5, 0.6) is 5.75 Å². The fourth-order valence-electron chi connectivity index (χ4n) is 3.03. The number of fused-ring (bicyclic) bond motifs is 1. The van der Waals surface area contributed by atoms with E-state index in [9.17, 15) is 4.79 Å². The zero-order valence-corrected chi connectivity index (χ0v) is 17.5. The first-order chi connectivity index (χ1) is 15.1. The number of nitrogens with zero attached hydrogens (tertiary/aromatic N) is 2. The van der Waals surface area contributed by atoms with Crippen LogP contribution in [0.1, 0.15) is 29.8 Å². The molecule has 2 N–H and O–H groups in total. The van der Waals surface area contributed by atoms with Crippen LogP contribution in [-0.4, -0.2) is 28.7 Å². The number of carbonyl (C=O) groups is 1. The summed E-state index contributed by atoms with van der Waals surface area (Å²) >= 11 is 0. The smallest absolute Gasteiger partial charge is 0.271 e. The van der Waals surface area contributed by atoms with E-state index in [1.165, 1.54) is 0 Å². The van der Waals surface area contributed by atoms with Gasteiger partial charge in [0.2, 0.25) is 0 Å². The fraction of sp³-hybridized carbons (Fsp3) is 0.160. The maximum atomic E-state index is 12.5. The number of rotatable bonds is 7. The third-order valence-corrected chi connectivity index (χ3v) is 4.63. The molecule has 1 amide bonds. The number of aromatic amines is 1. The molecule has 4 rings (SSSR count). The normalized spacial score (nSPS) is 11.3. The highest BCUT2D eigenvalue weighted by Gasteiger charge is 2.09. The van der Waals surface area contributed by atoms with Crippen LogP contribution >= 0.6 is 0 Å². The van der Waals surface area contributed by atoms with Crippen molar-refractivity contribution >= 4 is 23.2 Å². The Morgan fingerprint density at radius 2 is 1.87 bits per heavy atom. The molecule has 1 aromatic heterocycles. The number of hydrogen-bond donors (Lipinski definition) is 2. The number of hydrogen-bond acceptors (Lipinski definition) is 4. The average molecular weight is 412 g/mol. The van der Waals surface area contributed by atoms with Crippen molar-refractivity contribution in [1.29, 1.82) is 0 Å². The molecule has 0 radical (unpaired) electrons. The van der Waals surface area contributed by atoms with E-state index in [2.05, 4.69) is 34.3 Å². The number of imidazole rings is 1. The summed E-state index contributed by atoms with van der Waals surface area (Å²) in [6, 6.07) is 22.8. The molecule has 156 valence electrons. The maximum Gasteiger partial charge on any atom is 0.271 e. The molecular weight excluding hydrogens is 388 g/mol. The number of benzene rings is 3. The van der Waals surface area contributed by atoms with Gasteiger partial charge in [0.05, 0.1) is 23.9 Å². The molecule has 6 heteroatoms. The van der Waals surface area contributed by atoms with Gasteiger partial charge in [0.25, 0.3) is 5.91 Å². The lowest BCUT2D eigenvalue weighted by Gasteiger charge is -2.08. The van der Waals surface area contributed by atoms with E-state index in [-0.39, 0.29) is 5.91 Å². The highest BCUT2D eigenvalue weighted by atomic mass is 16.5. The molecule has 0 bridgehead atoms. The number of nitrogens with one attached hydrogen (secondary N) is 2. The highest BCUT2D eigenvalue weighted by molar-refractivity contribution is 5.98. The molecule has 0 saturated heterocycles. The molecule has 0 aliphatic heterocycles. The lowest BCUT2D eigenvalue weighted by atomic mass is 10.2. The second-order valence-electron chi connectivity index (χ2n) is 7.66. The largest absolute Gasteiger partial charge is 0.493 e. The van der Waals surface area contributed by atoms with Crippen LogP contribution < -0.4 is 10.2 Å². The van der Waals surface area contributed by atoms with Crippen molar-refractivity contribution < 1.29 is 9.53 Å². The standard InChI is InChI=1S/C25H24N4O2/c1-17(2)16-31-21-11-8-18(9-12-21)15-26-29-25(30)20-10-13-22-23(14-20)28-24(27-22)19-6-4-3-5-7-19/h3-15,17H,16H2,1-2H3,(H,27,28)(H,29,30)/b26-15+. The van der Waals surface area contributed by atoms with E-state index in [1.807, 2.05) is 60.7 Å². The summed E-state index contributed by atoms with van der Waals surface area (Å²) in [5.41, 5.74) is 6.54. The molecule has 0 fully saturated rings. The Morgan fingerprint density at radius 1 is 1.10 bits per heavy atom. The molecule has 31 heavy (non-hydrogen) atoms.